The van der Waals surface area contributed by atoms with E-state index < -0.39 is 66.3 Å². The Labute approximate surface area is 170 Å². The molecule has 0 saturated carbocycles. The van der Waals surface area contributed by atoms with Crippen LogP contribution in [-0.4, -0.2) is 47.4 Å². The smallest absolute Gasteiger partial charge is 0.200 e. The lowest BCUT2D eigenvalue weighted by Crippen LogP contribution is -2.74. The number of rotatable bonds is 13. The van der Waals surface area contributed by atoms with E-state index in [2.05, 4.69) is 0 Å². The molecule has 0 amide bonds. The van der Waals surface area contributed by atoms with Gasteiger partial charge in [-0.05, 0) is 12.5 Å². The first-order chi connectivity index (χ1) is 13.9. The second kappa shape index (κ2) is 8.76. The van der Waals surface area contributed by atoms with Gasteiger partial charge in [-0.3, -0.25) is 0 Å². The van der Waals surface area contributed by atoms with E-state index in [1.165, 1.54) is 6.92 Å². The van der Waals surface area contributed by atoms with Crippen molar-refractivity contribution in [1.29, 1.82) is 0 Å². The molecule has 0 aromatic rings. The van der Waals surface area contributed by atoms with Crippen LogP contribution in [0.15, 0.2) is 12.7 Å². The molecule has 0 N–H and O–H groups in total. The van der Waals surface area contributed by atoms with E-state index in [9.17, 15) is 70.2 Å². The average Bonchev–Trinajstić information content (AvgIpc) is 2.63. The molecular formula is C16H16F16. The van der Waals surface area contributed by atoms with Crippen molar-refractivity contribution in [2.75, 3.05) is 0 Å². The third-order valence-electron chi connectivity index (χ3n) is 4.45. The zero-order chi connectivity index (χ0) is 26.2. The third kappa shape index (κ3) is 4.26. The van der Waals surface area contributed by atoms with E-state index in [-0.39, 0.29) is 12.8 Å². The van der Waals surface area contributed by atoms with Gasteiger partial charge in [0.05, 0.1) is 0 Å². The first kappa shape index (κ1) is 30.6. The normalized spacial score (nSPS) is 15.8. The van der Waals surface area contributed by atoms with Gasteiger partial charge in [0.1, 0.15) is 0 Å². The van der Waals surface area contributed by atoms with Gasteiger partial charge in [-0.2, -0.15) is 70.2 Å². The van der Waals surface area contributed by atoms with Crippen molar-refractivity contribution in [3.63, 3.8) is 0 Å². The summed E-state index contributed by atoms with van der Waals surface area (Å²) in [6.07, 6.45) is -4.70. The molecule has 0 aliphatic rings. The number of hydrogen-bond acceptors (Lipinski definition) is 0. The molecule has 32 heavy (non-hydrogen) atoms. The van der Waals surface area contributed by atoms with Crippen LogP contribution in [0.1, 0.15) is 39.0 Å². The summed E-state index contributed by atoms with van der Waals surface area (Å²) in [5, 5.41) is 0. The molecule has 0 unspecified atom stereocenters. The Morgan fingerprint density at radius 3 is 1.19 bits per heavy atom. The Kier molecular flexibility index (Phi) is 8.38. The summed E-state index contributed by atoms with van der Waals surface area (Å²) in [4.78, 5) is 0. The van der Waals surface area contributed by atoms with Crippen molar-refractivity contribution in [2.45, 2.75) is 86.4 Å². The van der Waals surface area contributed by atoms with Crippen molar-refractivity contribution in [3.8, 4) is 0 Å². The van der Waals surface area contributed by atoms with Crippen LogP contribution in [0.5, 0.6) is 0 Å². The van der Waals surface area contributed by atoms with Crippen LogP contribution in [0.4, 0.5) is 70.2 Å². The van der Waals surface area contributed by atoms with Gasteiger partial charge in [0, 0.05) is 6.42 Å². The lowest BCUT2D eigenvalue weighted by Gasteiger charge is -2.43. The van der Waals surface area contributed by atoms with Crippen LogP contribution in [-0.2, 0) is 0 Å². The van der Waals surface area contributed by atoms with Gasteiger partial charge in [0.15, 0.2) is 0 Å². The molecule has 0 heterocycles. The second-order valence-corrected chi connectivity index (χ2v) is 6.79. The predicted octanol–water partition coefficient (Wildman–Crippen LogP) is 8.23. The Balaban J connectivity index is 6.46. The molecular weight excluding hydrogens is 496 g/mol. The fourth-order valence-corrected chi connectivity index (χ4v) is 2.29. The Hall–Kier alpha value is -1.38. The topological polar surface area (TPSA) is 0 Å². The van der Waals surface area contributed by atoms with Crippen LogP contribution in [0.2, 0.25) is 0 Å². The maximum absolute atomic E-state index is 13.6. The van der Waals surface area contributed by atoms with Crippen molar-refractivity contribution in [3.05, 3.63) is 12.7 Å². The molecule has 0 aliphatic heterocycles. The molecule has 0 saturated heterocycles. The summed E-state index contributed by atoms with van der Waals surface area (Å²) in [6.45, 7) is 3.34. The lowest BCUT2D eigenvalue weighted by molar-refractivity contribution is -0.451. The van der Waals surface area contributed by atoms with Crippen LogP contribution < -0.4 is 0 Å². The lowest BCUT2D eigenvalue weighted by atomic mass is 9.86. The number of halogens is 16. The fourth-order valence-electron chi connectivity index (χ4n) is 2.29. The van der Waals surface area contributed by atoms with Gasteiger partial charge in [0.25, 0.3) is 0 Å². The molecule has 0 bridgehead atoms. The van der Waals surface area contributed by atoms with Gasteiger partial charge < -0.3 is 0 Å². The maximum Gasteiger partial charge on any atom is 0.385 e. The predicted molar refractivity (Wildman–Crippen MR) is 78.5 cm³/mol. The van der Waals surface area contributed by atoms with E-state index in [0.717, 1.165) is 0 Å². The number of hydrogen-bond donors (Lipinski definition) is 0. The van der Waals surface area contributed by atoms with Gasteiger partial charge in [-0.1, -0.05) is 32.8 Å². The standard InChI is InChI=1S/C16H16F16/c1-3-5-6-7-8-10(19,20)12(23,24)14(27,28)16(31,32)15(29,30)13(25,26)11(21,22)9(17,18)4-2/h4H,2-3,5-8H2,1H3. The fraction of sp³-hybridized carbons (Fsp3) is 0.875. The van der Waals surface area contributed by atoms with Gasteiger partial charge >= 0.3 is 47.4 Å². The highest BCUT2D eigenvalue weighted by Gasteiger charge is 2.94. The largest absolute Gasteiger partial charge is 0.385 e. The highest BCUT2D eigenvalue weighted by molar-refractivity contribution is 5.17. The SMILES string of the molecule is C=CC(F)(F)C(F)(F)C(F)(F)C(F)(F)C(F)(F)C(F)(F)C(F)(F)C(F)(F)CCCCCC. The molecule has 0 radical (unpaired) electrons. The number of allylic oxidation sites excluding steroid dienone is 1. The molecule has 0 atom stereocenters. The van der Waals surface area contributed by atoms with E-state index in [0.29, 0.717) is 6.42 Å². The van der Waals surface area contributed by atoms with E-state index in [4.69, 9.17) is 0 Å². The first-order valence-corrected chi connectivity index (χ1v) is 8.53. The minimum Gasteiger partial charge on any atom is -0.200 e. The van der Waals surface area contributed by atoms with Crippen molar-refractivity contribution in [1.82, 2.24) is 0 Å². The van der Waals surface area contributed by atoms with Gasteiger partial charge in [-0.25, -0.2) is 0 Å². The minimum atomic E-state index is -8.37. The minimum absolute atomic E-state index is 0.0745. The van der Waals surface area contributed by atoms with Crippen LogP contribution in [0.3, 0.4) is 0 Å². The molecule has 0 aromatic heterocycles. The molecule has 16 heteroatoms. The van der Waals surface area contributed by atoms with E-state index >= 15 is 0 Å². The van der Waals surface area contributed by atoms with Crippen molar-refractivity contribution < 1.29 is 70.2 Å². The Bertz CT molecular complexity index is 648. The monoisotopic (exact) mass is 512 g/mol. The maximum atomic E-state index is 13.6. The molecule has 0 aliphatic carbocycles. The summed E-state index contributed by atoms with van der Waals surface area (Å²) in [6, 6.07) is 0. The summed E-state index contributed by atoms with van der Waals surface area (Å²) in [5.41, 5.74) is 0. The van der Waals surface area contributed by atoms with Crippen molar-refractivity contribution >= 4 is 0 Å². The van der Waals surface area contributed by atoms with Crippen LogP contribution >= 0.6 is 0 Å². The van der Waals surface area contributed by atoms with E-state index in [1.54, 1.807) is 0 Å². The zero-order valence-corrected chi connectivity index (χ0v) is 15.9. The molecule has 0 fully saturated rings. The summed E-state index contributed by atoms with van der Waals surface area (Å²) >= 11 is 0. The first-order valence-electron chi connectivity index (χ1n) is 8.53. The van der Waals surface area contributed by atoms with Crippen molar-refractivity contribution in [2.24, 2.45) is 0 Å². The summed E-state index contributed by atoms with van der Waals surface area (Å²) < 4.78 is 215. The van der Waals surface area contributed by atoms with Crippen LogP contribution in [0.25, 0.3) is 0 Å². The Morgan fingerprint density at radius 2 is 0.844 bits per heavy atom. The molecule has 0 rings (SSSR count). The van der Waals surface area contributed by atoms with Crippen LogP contribution in [0, 0.1) is 0 Å². The molecule has 0 nitrogen and oxygen atoms in total. The highest BCUT2D eigenvalue weighted by Crippen LogP contribution is 2.64. The van der Waals surface area contributed by atoms with Gasteiger partial charge in [-0.15, -0.1) is 0 Å². The molecule has 0 spiro atoms. The third-order valence-corrected chi connectivity index (χ3v) is 4.45. The Morgan fingerprint density at radius 1 is 0.500 bits per heavy atom. The number of unbranched alkanes of at least 4 members (excludes halogenated alkanes) is 3. The molecule has 0 aromatic carbocycles. The second-order valence-electron chi connectivity index (χ2n) is 6.79. The number of alkyl halides is 16. The summed E-state index contributed by atoms with van der Waals surface area (Å²) in [5.74, 6) is -60.7. The van der Waals surface area contributed by atoms with E-state index in [1.807, 2.05) is 6.58 Å². The van der Waals surface area contributed by atoms with Gasteiger partial charge in [0.2, 0.25) is 0 Å². The molecule has 192 valence electrons. The quantitative estimate of drug-likeness (QED) is 0.133. The highest BCUT2D eigenvalue weighted by atomic mass is 19.4. The average molecular weight is 512 g/mol. The summed E-state index contributed by atoms with van der Waals surface area (Å²) in [7, 11) is 0. The zero-order valence-electron chi connectivity index (χ0n) is 15.9.